The molecule has 0 amide bonds. The van der Waals surface area contributed by atoms with E-state index in [0.29, 0.717) is 5.69 Å². The number of aromatic nitrogens is 1. The van der Waals surface area contributed by atoms with Crippen LogP contribution >= 0.6 is 11.6 Å². The lowest BCUT2D eigenvalue weighted by atomic mass is 10.3. The van der Waals surface area contributed by atoms with Crippen LogP contribution in [0.5, 0.6) is 0 Å². The van der Waals surface area contributed by atoms with Crippen LogP contribution in [0.25, 0.3) is 0 Å². The lowest BCUT2D eigenvalue weighted by Gasteiger charge is -2.09. The van der Waals surface area contributed by atoms with Crippen LogP contribution in [0.15, 0.2) is 41.3 Å². The molecule has 1 aromatic carbocycles. The second kappa shape index (κ2) is 5.66. The molecule has 2 aromatic rings. The Morgan fingerprint density at radius 1 is 1.29 bits per heavy atom. The van der Waals surface area contributed by atoms with E-state index in [1.54, 1.807) is 19.1 Å². The molecule has 0 radical (unpaired) electrons. The molecule has 1 heterocycles. The number of halogens is 1. The van der Waals surface area contributed by atoms with Gasteiger partial charge >= 0.3 is 0 Å². The number of nitro groups is 1. The Morgan fingerprint density at radius 3 is 2.62 bits per heavy atom. The minimum atomic E-state index is -4.07. The highest BCUT2D eigenvalue weighted by Crippen LogP contribution is 2.27. The first kappa shape index (κ1) is 15.2. The van der Waals surface area contributed by atoms with Gasteiger partial charge in [-0.05, 0) is 25.1 Å². The zero-order valence-corrected chi connectivity index (χ0v) is 12.4. The predicted molar refractivity (Wildman–Crippen MR) is 77.9 cm³/mol. The molecule has 0 saturated heterocycles. The van der Waals surface area contributed by atoms with Crippen molar-refractivity contribution in [2.24, 2.45) is 0 Å². The summed E-state index contributed by atoms with van der Waals surface area (Å²) in [7, 11) is -4.07. The third-order valence-corrected chi connectivity index (χ3v) is 4.38. The molecular formula is C12H10ClN3O4S. The summed E-state index contributed by atoms with van der Waals surface area (Å²) in [5.74, 6) is 0.109. The van der Waals surface area contributed by atoms with Crippen LogP contribution in [0.3, 0.4) is 0 Å². The van der Waals surface area contributed by atoms with E-state index in [2.05, 4.69) is 9.71 Å². The molecule has 0 unspecified atom stereocenters. The van der Waals surface area contributed by atoms with E-state index in [-0.39, 0.29) is 21.4 Å². The predicted octanol–water partition coefficient (Wildman–Crippen LogP) is 2.75. The first-order valence-electron chi connectivity index (χ1n) is 5.70. The maximum absolute atomic E-state index is 12.3. The zero-order chi connectivity index (χ0) is 15.6. The third-order valence-electron chi connectivity index (χ3n) is 2.54. The highest BCUT2D eigenvalue weighted by Gasteiger charge is 2.22. The van der Waals surface area contributed by atoms with E-state index in [9.17, 15) is 18.5 Å². The quantitative estimate of drug-likeness (QED) is 0.687. The maximum atomic E-state index is 12.3. The molecule has 0 aliphatic carbocycles. The second-order valence-electron chi connectivity index (χ2n) is 4.14. The monoisotopic (exact) mass is 327 g/mol. The topological polar surface area (TPSA) is 102 Å². The number of anilines is 1. The van der Waals surface area contributed by atoms with Crippen LogP contribution in [0.1, 0.15) is 5.69 Å². The van der Waals surface area contributed by atoms with Crippen molar-refractivity contribution < 1.29 is 13.3 Å². The molecular weight excluding hydrogens is 318 g/mol. The maximum Gasteiger partial charge on any atom is 0.270 e. The van der Waals surface area contributed by atoms with Crippen molar-refractivity contribution in [3.8, 4) is 0 Å². The third kappa shape index (κ3) is 3.47. The van der Waals surface area contributed by atoms with Crippen molar-refractivity contribution in [1.29, 1.82) is 0 Å². The smallest absolute Gasteiger partial charge is 0.263 e. The van der Waals surface area contributed by atoms with E-state index in [4.69, 9.17) is 11.6 Å². The van der Waals surface area contributed by atoms with Crippen molar-refractivity contribution in [3.05, 3.63) is 57.2 Å². The molecule has 0 aliphatic rings. The Labute approximate surface area is 125 Å². The molecule has 0 saturated carbocycles. The van der Waals surface area contributed by atoms with E-state index in [1.165, 1.54) is 6.07 Å². The summed E-state index contributed by atoms with van der Waals surface area (Å²) in [5, 5.41) is 10.6. The van der Waals surface area contributed by atoms with Crippen molar-refractivity contribution in [2.75, 3.05) is 4.72 Å². The molecule has 1 aromatic heterocycles. The summed E-state index contributed by atoms with van der Waals surface area (Å²) in [6.07, 6.45) is 0. The van der Waals surface area contributed by atoms with Crippen LogP contribution in [0, 0.1) is 17.0 Å². The number of nitrogens with one attached hydrogen (secondary N) is 1. The van der Waals surface area contributed by atoms with Gasteiger partial charge in [0.2, 0.25) is 0 Å². The Balaban J connectivity index is 2.44. The van der Waals surface area contributed by atoms with Gasteiger partial charge in [0.05, 0.1) is 9.95 Å². The van der Waals surface area contributed by atoms with E-state index in [1.807, 2.05) is 0 Å². The van der Waals surface area contributed by atoms with Gasteiger partial charge in [-0.15, -0.1) is 0 Å². The number of nitro benzene ring substituents is 1. The second-order valence-corrected chi connectivity index (χ2v) is 6.20. The Morgan fingerprint density at radius 2 is 2.00 bits per heavy atom. The van der Waals surface area contributed by atoms with Crippen molar-refractivity contribution in [1.82, 2.24) is 4.98 Å². The molecule has 0 atom stereocenters. The largest absolute Gasteiger partial charge is 0.270 e. The van der Waals surface area contributed by atoms with E-state index in [0.717, 1.165) is 18.2 Å². The lowest BCUT2D eigenvalue weighted by Crippen LogP contribution is -2.14. The van der Waals surface area contributed by atoms with Crippen LogP contribution in [0.2, 0.25) is 5.02 Å². The molecule has 9 heteroatoms. The average molecular weight is 328 g/mol. The van der Waals surface area contributed by atoms with Gasteiger partial charge in [0.25, 0.3) is 15.7 Å². The fourth-order valence-corrected chi connectivity index (χ4v) is 3.13. The molecule has 0 fully saturated rings. The summed E-state index contributed by atoms with van der Waals surface area (Å²) >= 11 is 5.82. The average Bonchev–Trinajstić information content (AvgIpc) is 2.38. The first-order chi connectivity index (χ1) is 9.79. The van der Waals surface area contributed by atoms with Crippen LogP contribution < -0.4 is 4.72 Å². The molecule has 0 bridgehead atoms. The summed E-state index contributed by atoms with van der Waals surface area (Å²) < 4.78 is 26.7. The number of nitrogens with zero attached hydrogens (tertiary/aromatic N) is 2. The molecule has 110 valence electrons. The van der Waals surface area contributed by atoms with Crippen molar-refractivity contribution >= 4 is 33.1 Å². The summed E-state index contributed by atoms with van der Waals surface area (Å²) in [6.45, 7) is 1.71. The van der Waals surface area contributed by atoms with Gasteiger partial charge < -0.3 is 0 Å². The number of sulfonamides is 1. The number of hydrogen-bond acceptors (Lipinski definition) is 5. The zero-order valence-electron chi connectivity index (χ0n) is 10.8. The van der Waals surface area contributed by atoms with Gasteiger partial charge in [-0.2, -0.15) is 0 Å². The lowest BCUT2D eigenvalue weighted by molar-refractivity contribution is -0.385. The SMILES string of the molecule is Cc1cccc(NS(=O)(=O)c2cc([N+](=O)[O-])ccc2Cl)n1. The van der Waals surface area contributed by atoms with Crippen LogP contribution in [-0.2, 0) is 10.0 Å². The van der Waals surface area contributed by atoms with Crippen molar-refractivity contribution in [3.63, 3.8) is 0 Å². The van der Waals surface area contributed by atoms with E-state index >= 15 is 0 Å². The van der Waals surface area contributed by atoms with Crippen molar-refractivity contribution in [2.45, 2.75) is 11.8 Å². The molecule has 0 aliphatic heterocycles. The molecule has 2 rings (SSSR count). The van der Waals surface area contributed by atoms with Crippen LogP contribution in [0.4, 0.5) is 11.5 Å². The van der Waals surface area contributed by atoms with Gasteiger partial charge in [0.1, 0.15) is 10.7 Å². The van der Waals surface area contributed by atoms with Gasteiger partial charge in [-0.3, -0.25) is 14.8 Å². The standard InChI is InChI=1S/C12H10ClN3O4S/c1-8-3-2-4-12(14-8)15-21(19,20)11-7-9(16(17)18)5-6-10(11)13/h2-7H,1H3,(H,14,15). The van der Waals surface area contributed by atoms with Gasteiger partial charge in [0.15, 0.2) is 0 Å². The Hall–Kier alpha value is -2.19. The summed E-state index contributed by atoms with van der Waals surface area (Å²) in [6, 6.07) is 8.01. The van der Waals surface area contributed by atoms with Gasteiger partial charge in [-0.25, -0.2) is 13.4 Å². The molecule has 21 heavy (non-hydrogen) atoms. The molecule has 7 nitrogen and oxygen atoms in total. The highest BCUT2D eigenvalue weighted by molar-refractivity contribution is 7.92. The number of pyridine rings is 1. The van der Waals surface area contributed by atoms with Crippen LogP contribution in [-0.4, -0.2) is 18.3 Å². The number of benzene rings is 1. The number of non-ortho nitro benzene ring substituents is 1. The van der Waals surface area contributed by atoms with Gasteiger partial charge in [0, 0.05) is 17.8 Å². The minimum Gasteiger partial charge on any atom is -0.263 e. The Bertz CT molecular complexity index is 808. The minimum absolute atomic E-state index is 0.109. The number of rotatable bonds is 4. The fourth-order valence-electron chi connectivity index (χ4n) is 1.60. The fraction of sp³-hybridized carbons (Fsp3) is 0.0833. The van der Waals surface area contributed by atoms with Gasteiger partial charge in [-0.1, -0.05) is 17.7 Å². The number of hydrogen-bond donors (Lipinski definition) is 1. The normalized spacial score (nSPS) is 11.1. The summed E-state index contributed by atoms with van der Waals surface area (Å²) in [5.41, 5.74) is 0.261. The summed E-state index contributed by atoms with van der Waals surface area (Å²) in [4.78, 5) is 13.7. The van der Waals surface area contributed by atoms with E-state index < -0.39 is 14.9 Å². The highest BCUT2D eigenvalue weighted by atomic mass is 35.5. The number of aryl methyl sites for hydroxylation is 1. The molecule has 0 spiro atoms. The molecule has 1 N–H and O–H groups in total. The first-order valence-corrected chi connectivity index (χ1v) is 7.56. The Kier molecular flexibility index (Phi) is 4.10.